The minimum atomic E-state index is -4.59. The second kappa shape index (κ2) is 10.2. The van der Waals surface area contributed by atoms with Crippen LogP contribution >= 0.6 is 0 Å². The zero-order chi connectivity index (χ0) is 27.9. The van der Waals surface area contributed by atoms with Crippen LogP contribution in [0.5, 0.6) is 5.75 Å². The number of benzene rings is 1. The summed E-state index contributed by atoms with van der Waals surface area (Å²) in [4.78, 5) is 19.5. The second-order valence-electron chi connectivity index (χ2n) is 9.63. The van der Waals surface area contributed by atoms with Crippen LogP contribution in [0.2, 0.25) is 0 Å². The molecule has 40 heavy (non-hydrogen) atoms. The third-order valence-corrected chi connectivity index (χ3v) is 7.10. The molecule has 1 aromatic carbocycles. The summed E-state index contributed by atoms with van der Waals surface area (Å²) in [5.41, 5.74) is 2.09. The van der Waals surface area contributed by atoms with Gasteiger partial charge < -0.3 is 15.0 Å². The predicted molar refractivity (Wildman–Crippen MR) is 143 cm³/mol. The molecule has 0 bridgehead atoms. The Labute approximate surface area is 227 Å². The molecule has 1 amide bonds. The number of aromatic amines is 1. The molecule has 0 aliphatic carbocycles. The second-order valence-corrected chi connectivity index (χ2v) is 9.63. The first kappa shape index (κ1) is 25.7. The predicted octanol–water partition coefficient (Wildman–Crippen LogP) is 5.09. The molecule has 1 saturated heterocycles. The van der Waals surface area contributed by atoms with Crippen molar-refractivity contribution >= 4 is 28.3 Å². The monoisotopic (exact) mass is 549 g/mol. The number of amides is 1. The SMILES string of the molecule is CCOc1cc(-c2ccc(N3CCC(NC(=O)c4ccccc4C(F)(F)F)CC3)nc2)c2c3cn[nH]c3nn2c1. The number of anilines is 1. The lowest BCUT2D eigenvalue weighted by atomic mass is 10.0. The lowest BCUT2D eigenvalue weighted by Crippen LogP contribution is -2.45. The maximum absolute atomic E-state index is 13.3. The highest BCUT2D eigenvalue weighted by molar-refractivity contribution is 6.01. The Morgan fingerprint density at radius 3 is 2.67 bits per heavy atom. The van der Waals surface area contributed by atoms with Gasteiger partial charge in [-0.05, 0) is 50.1 Å². The quantitative estimate of drug-likeness (QED) is 0.306. The van der Waals surface area contributed by atoms with Crippen molar-refractivity contribution in [2.24, 2.45) is 0 Å². The van der Waals surface area contributed by atoms with Crippen LogP contribution in [0.4, 0.5) is 19.0 Å². The standard InChI is InChI=1S/C28H26F3N7O2/c1-2-40-19-13-21(25-22-15-33-35-26(22)36-38(25)16-19)17-7-8-24(32-14-17)37-11-9-18(10-12-37)34-27(39)20-5-3-4-6-23(20)28(29,30)31/h3-8,13-16,18H,2,9-12H2,1H3,(H,34,39)(H,35,36). The number of halogens is 3. The molecule has 5 heterocycles. The van der Waals surface area contributed by atoms with Gasteiger partial charge in [0.25, 0.3) is 5.91 Å². The molecule has 2 N–H and O–H groups in total. The normalized spacial score (nSPS) is 14.7. The number of fused-ring (bicyclic) bond motifs is 3. The van der Waals surface area contributed by atoms with Crippen LogP contribution in [0.15, 0.2) is 61.1 Å². The average molecular weight is 550 g/mol. The molecule has 1 aliphatic heterocycles. The Balaban J connectivity index is 1.16. The zero-order valence-electron chi connectivity index (χ0n) is 21.6. The summed E-state index contributed by atoms with van der Waals surface area (Å²) in [5.74, 6) is 0.769. The fourth-order valence-electron chi connectivity index (χ4n) is 5.18. The number of hydrogen-bond acceptors (Lipinski definition) is 6. The van der Waals surface area contributed by atoms with Crippen LogP contribution in [0.1, 0.15) is 35.7 Å². The smallest absolute Gasteiger partial charge is 0.417 e. The van der Waals surface area contributed by atoms with E-state index in [9.17, 15) is 18.0 Å². The number of pyridine rings is 2. The molecule has 0 unspecified atom stereocenters. The van der Waals surface area contributed by atoms with E-state index in [2.05, 4.69) is 25.5 Å². The van der Waals surface area contributed by atoms with Crippen molar-refractivity contribution in [3.05, 3.63) is 72.2 Å². The molecule has 1 fully saturated rings. The van der Waals surface area contributed by atoms with Crippen molar-refractivity contribution < 1.29 is 22.7 Å². The lowest BCUT2D eigenvalue weighted by Gasteiger charge is -2.33. The van der Waals surface area contributed by atoms with Crippen molar-refractivity contribution in [2.45, 2.75) is 32.0 Å². The minimum Gasteiger partial charge on any atom is -0.492 e. The van der Waals surface area contributed by atoms with E-state index in [-0.39, 0.29) is 11.6 Å². The van der Waals surface area contributed by atoms with E-state index in [4.69, 9.17) is 9.72 Å². The number of nitrogens with zero attached hydrogens (tertiary/aromatic N) is 5. The lowest BCUT2D eigenvalue weighted by molar-refractivity contribution is -0.137. The number of rotatable bonds is 6. The van der Waals surface area contributed by atoms with Crippen LogP contribution < -0.4 is 15.0 Å². The van der Waals surface area contributed by atoms with E-state index in [0.29, 0.717) is 43.9 Å². The fraction of sp³-hybridized carbons (Fsp3) is 0.286. The molecular weight excluding hydrogens is 523 g/mol. The molecule has 206 valence electrons. The maximum Gasteiger partial charge on any atom is 0.417 e. The highest BCUT2D eigenvalue weighted by Gasteiger charge is 2.35. The average Bonchev–Trinajstić information content (AvgIpc) is 3.54. The number of carbonyl (C=O) groups excluding carboxylic acids is 1. The van der Waals surface area contributed by atoms with Gasteiger partial charge in [0.15, 0.2) is 5.65 Å². The van der Waals surface area contributed by atoms with Gasteiger partial charge in [-0.15, -0.1) is 5.10 Å². The zero-order valence-corrected chi connectivity index (χ0v) is 21.6. The molecule has 4 aromatic heterocycles. The highest BCUT2D eigenvalue weighted by Crippen LogP contribution is 2.34. The number of hydrogen-bond donors (Lipinski definition) is 2. The summed E-state index contributed by atoms with van der Waals surface area (Å²) < 4.78 is 47.5. The van der Waals surface area contributed by atoms with Crippen molar-refractivity contribution in [3.8, 4) is 16.9 Å². The number of carbonyl (C=O) groups is 1. The number of alkyl halides is 3. The summed E-state index contributed by atoms with van der Waals surface area (Å²) >= 11 is 0. The van der Waals surface area contributed by atoms with Gasteiger partial charge in [0.2, 0.25) is 0 Å². The Morgan fingerprint density at radius 2 is 1.95 bits per heavy atom. The Bertz CT molecular complexity index is 1670. The summed E-state index contributed by atoms with van der Waals surface area (Å²) in [6.07, 6.45) is 1.98. The topological polar surface area (TPSA) is 100 Å². The number of H-pyrrole nitrogens is 1. The van der Waals surface area contributed by atoms with Crippen molar-refractivity contribution in [1.29, 1.82) is 0 Å². The third-order valence-electron chi connectivity index (χ3n) is 7.10. The van der Waals surface area contributed by atoms with Crippen LogP contribution in [-0.2, 0) is 6.18 Å². The maximum atomic E-state index is 13.3. The van der Waals surface area contributed by atoms with Crippen molar-refractivity contribution in [3.63, 3.8) is 0 Å². The Hall–Kier alpha value is -4.61. The van der Waals surface area contributed by atoms with Crippen LogP contribution in [0.3, 0.4) is 0 Å². The van der Waals surface area contributed by atoms with E-state index in [1.54, 1.807) is 16.9 Å². The highest BCUT2D eigenvalue weighted by atomic mass is 19.4. The molecule has 12 heteroatoms. The van der Waals surface area contributed by atoms with Gasteiger partial charge in [0.1, 0.15) is 11.6 Å². The van der Waals surface area contributed by atoms with Crippen molar-refractivity contribution in [2.75, 3.05) is 24.6 Å². The molecule has 6 rings (SSSR count). The molecule has 1 aliphatic rings. The number of piperidine rings is 1. The number of aromatic nitrogens is 5. The summed E-state index contributed by atoms with van der Waals surface area (Å²) in [6.45, 7) is 3.67. The third kappa shape index (κ3) is 4.80. The minimum absolute atomic E-state index is 0.224. The summed E-state index contributed by atoms with van der Waals surface area (Å²) in [5, 5.41) is 15.2. The first-order chi connectivity index (χ1) is 19.3. The summed E-state index contributed by atoms with van der Waals surface area (Å²) in [6, 6.07) is 10.5. The van der Waals surface area contributed by atoms with Gasteiger partial charge in [0, 0.05) is 36.5 Å². The molecule has 0 saturated carbocycles. The molecule has 9 nitrogen and oxygen atoms in total. The van der Waals surface area contributed by atoms with E-state index in [1.165, 1.54) is 18.2 Å². The molecule has 5 aromatic rings. The molecule has 0 atom stereocenters. The Kier molecular flexibility index (Phi) is 6.53. The van der Waals surface area contributed by atoms with E-state index >= 15 is 0 Å². The van der Waals surface area contributed by atoms with Gasteiger partial charge >= 0.3 is 6.18 Å². The first-order valence-corrected chi connectivity index (χ1v) is 13.0. The van der Waals surface area contributed by atoms with Crippen LogP contribution in [-0.4, -0.2) is 56.4 Å². The van der Waals surface area contributed by atoms with E-state index in [1.807, 2.05) is 31.3 Å². The largest absolute Gasteiger partial charge is 0.492 e. The van der Waals surface area contributed by atoms with Gasteiger partial charge in [-0.1, -0.05) is 12.1 Å². The van der Waals surface area contributed by atoms with Gasteiger partial charge in [-0.3, -0.25) is 9.89 Å². The molecular formula is C28H26F3N7O2. The number of nitrogens with one attached hydrogen (secondary N) is 2. The van der Waals surface area contributed by atoms with E-state index < -0.39 is 17.6 Å². The van der Waals surface area contributed by atoms with Gasteiger partial charge in [0.05, 0.1) is 41.0 Å². The summed E-state index contributed by atoms with van der Waals surface area (Å²) in [7, 11) is 0. The first-order valence-electron chi connectivity index (χ1n) is 13.0. The molecule has 0 radical (unpaired) electrons. The Morgan fingerprint density at radius 1 is 1.15 bits per heavy atom. The van der Waals surface area contributed by atoms with Crippen LogP contribution in [0.25, 0.3) is 27.7 Å². The van der Waals surface area contributed by atoms with Gasteiger partial charge in [-0.2, -0.15) is 18.3 Å². The van der Waals surface area contributed by atoms with Crippen molar-refractivity contribution in [1.82, 2.24) is 30.1 Å². The van der Waals surface area contributed by atoms with Crippen LogP contribution in [0, 0.1) is 0 Å². The fourth-order valence-corrected chi connectivity index (χ4v) is 5.18. The number of ether oxygens (including phenoxy) is 1. The van der Waals surface area contributed by atoms with Gasteiger partial charge in [-0.25, -0.2) is 9.50 Å². The van der Waals surface area contributed by atoms with E-state index in [0.717, 1.165) is 33.9 Å². The molecule has 0 spiro atoms.